The molecule has 6 rings (SSSR count). The first kappa shape index (κ1) is 23.5. The molecule has 0 saturated carbocycles. The number of hydrogen-bond donors (Lipinski definition) is 2. The Balaban J connectivity index is 1.76. The van der Waals surface area contributed by atoms with Crippen LogP contribution in [-0.4, -0.2) is 21.4 Å². The van der Waals surface area contributed by atoms with E-state index in [0.29, 0.717) is 58.4 Å². The first-order valence-corrected chi connectivity index (χ1v) is 12.5. The maximum Gasteiger partial charge on any atom is 0.302 e. The van der Waals surface area contributed by atoms with Crippen LogP contribution in [0.1, 0.15) is 64.7 Å². The molecule has 0 saturated heterocycles. The lowest BCUT2D eigenvalue weighted by atomic mass is 9.89. The van der Waals surface area contributed by atoms with Gasteiger partial charge in [0.25, 0.3) is 0 Å². The van der Waals surface area contributed by atoms with Crippen LogP contribution >= 0.6 is 0 Å². The molecule has 2 aliphatic rings. The fraction of sp³-hybridized carbons (Fsp3) is 0.367. The van der Waals surface area contributed by atoms with Gasteiger partial charge in [-0.1, -0.05) is 11.6 Å². The minimum Gasteiger partial charge on any atom is -0.507 e. The van der Waals surface area contributed by atoms with E-state index in [-0.39, 0.29) is 39.1 Å². The minimum absolute atomic E-state index is 0.0198. The van der Waals surface area contributed by atoms with Gasteiger partial charge in [0.05, 0.1) is 5.56 Å². The van der Waals surface area contributed by atoms with Gasteiger partial charge in [-0.25, -0.2) is 0 Å². The van der Waals surface area contributed by atoms with E-state index < -0.39 is 11.2 Å². The van der Waals surface area contributed by atoms with Crippen LogP contribution in [0.25, 0.3) is 39.2 Å². The maximum atomic E-state index is 14.2. The summed E-state index contributed by atoms with van der Waals surface area (Å²) in [7, 11) is 0. The first-order chi connectivity index (χ1) is 17.4. The van der Waals surface area contributed by atoms with E-state index in [2.05, 4.69) is 0 Å². The van der Waals surface area contributed by atoms with Crippen molar-refractivity contribution in [1.29, 1.82) is 0 Å². The summed E-state index contributed by atoms with van der Waals surface area (Å²) in [6.45, 7) is 11.6. The van der Waals surface area contributed by atoms with E-state index in [9.17, 15) is 15.0 Å². The average Bonchev–Trinajstić information content (AvgIpc) is 3.16. The lowest BCUT2D eigenvalue weighted by Crippen LogP contribution is -2.33. The molecule has 0 unspecified atom stereocenters. The third kappa shape index (κ3) is 3.51. The van der Waals surface area contributed by atoms with Crippen LogP contribution in [-0.2, 0) is 12.8 Å². The lowest BCUT2D eigenvalue weighted by molar-refractivity contribution is 0.0857. The summed E-state index contributed by atoms with van der Waals surface area (Å²) in [6, 6.07) is 1.49. The number of hydrogen-bond acceptors (Lipinski definition) is 7. The Kier molecular flexibility index (Phi) is 4.81. The molecule has 0 radical (unpaired) electrons. The molecule has 192 valence electrons. The summed E-state index contributed by atoms with van der Waals surface area (Å²) >= 11 is 0. The smallest absolute Gasteiger partial charge is 0.302 e. The van der Waals surface area contributed by atoms with Crippen LogP contribution < -0.4 is 14.9 Å². The standard InChI is InChI=1S/C30H30O7/c1-14(2)7-8-15-22(32)16-9-11-30(5,6)37-27(16)21-23(33)20-18-13-19(31)25-17(10-12-29(3,4)36-25)24(18)34-28(20)35-26(15)21/h7,10,12-13,31-32H,8-9,11H2,1-6H3. The number of furan rings is 1. The fourth-order valence-electron chi connectivity index (χ4n) is 5.26. The summed E-state index contributed by atoms with van der Waals surface area (Å²) in [5.74, 6) is 0.660. The number of phenolic OH excluding ortho intramolecular Hbond substituents is 2. The van der Waals surface area contributed by atoms with Crippen molar-refractivity contribution in [1.82, 2.24) is 0 Å². The van der Waals surface area contributed by atoms with Crippen molar-refractivity contribution in [2.45, 2.75) is 72.0 Å². The molecule has 2 aromatic heterocycles. The highest BCUT2D eigenvalue weighted by molar-refractivity contribution is 6.11. The second kappa shape index (κ2) is 7.57. The molecule has 2 aromatic carbocycles. The van der Waals surface area contributed by atoms with Crippen molar-refractivity contribution in [3.63, 3.8) is 0 Å². The quantitative estimate of drug-likeness (QED) is 0.287. The van der Waals surface area contributed by atoms with E-state index in [1.807, 2.05) is 59.8 Å². The largest absolute Gasteiger partial charge is 0.507 e. The number of allylic oxidation sites excluding steroid dienone is 2. The number of fused-ring (bicyclic) bond motifs is 8. The van der Waals surface area contributed by atoms with Crippen molar-refractivity contribution >= 4 is 39.2 Å². The van der Waals surface area contributed by atoms with Gasteiger partial charge in [-0.2, -0.15) is 0 Å². The fourth-order valence-corrected chi connectivity index (χ4v) is 5.26. The van der Waals surface area contributed by atoms with Gasteiger partial charge in [-0.15, -0.1) is 0 Å². The Bertz CT molecular complexity index is 1750. The number of aromatic hydroxyl groups is 2. The lowest BCUT2D eigenvalue weighted by Gasteiger charge is -2.33. The summed E-state index contributed by atoms with van der Waals surface area (Å²) < 4.78 is 24.7. The third-order valence-corrected chi connectivity index (χ3v) is 7.23. The molecule has 37 heavy (non-hydrogen) atoms. The highest BCUT2D eigenvalue weighted by Gasteiger charge is 2.35. The van der Waals surface area contributed by atoms with Crippen LogP contribution in [0, 0.1) is 0 Å². The molecule has 7 heteroatoms. The van der Waals surface area contributed by atoms with E-state index in [1.54, 1.807) is 0 Å². The molecule has 0 atom stereocenters. The van der Waals surface area contributed by atoms with Gasteiger partial charge in [-0.05, 0) is 79.0 Å². The highest BCUT2D eigenvalue weighted by Crippen LogP contribution is 2.49. The summed E-state index contributed by atoms with van der Waals surface area (Å²) in [6.07, 6.45) is 7.34. The molecular weight excluding hydrogens is 472 g/mol. The topological polar surface area (TPSA) is 102 Å². The number of rotatable bonds is 2. The molecule has 2 N–H and O–H groups in total. The van der Waals surface area contributed by atoms with Gasteiger partial charge in [0.15, 0.2) is 22.7 Å². The van der Waals surface area contributed by atoms with E-state index in [1.165, 1.54) is 6.07 Å². The van der Waals surface area contributed by atoms with Crippen LogP contribution in [0.5, 0.6) is 23.0 Å². The molecule has 2 aliphatic heterocycles. The average molecular weight is 503 g/mol. The molecule has 7 nitrogen and oxygen atoms in total. The van der Waals surface area contributed by atoms with Crippen LogP contribution in [0.4, 0.5) is 0 Å². The number of benzene rings is 2. The first-order valence-electron chi connectivity index (χ1n) is 12.5. The summed E-state index contributed by atoms with van der Waals surface area (Å²) in [5.41, 5.74) is 1.93. The van der Waals surface area contributed by atoms with Crippen LogP contribution in [0.15, 0.2) is 37.4 Å². The van der Waals surface area contributed by atoms with E-state index >= 15 is 0 Å². The SMILES string of the molecule is CC(C)=CCc1c(O)c2c(c3c(=O)c4c(oc13)oc1c3c(c(O)cc14)OC(C)(C)C=C3)OC(C)(C)CC2. The highest BCUT2D eigenvalue weighted by atomic mass is 16.5. The zero-order valence-electron chi connectivity index (χ0n) is 21.9. The van der Waals surface area contributed by atoms with Crippen LogP contribution in [0.2, 0.25) is 0 Å². The monoisotopic (exact) mass is 502 g/mol. The van der Waals surface area contributed by atoms with Crippen molar-refractivity contribution in [3.8, 4) is 23.0 Å². The van der Waals surface area contributed by atoms with Crippen molar-refractivity contribution < 1.29 is 28.5 Å². The van der Waals surface area contributed by atoms with Gasteiger partial charge >= 0.3 is 5.78 Å². The summed E-state index contributed by atoms with van der Waals surface area (Å²) in [5, 5.41) is 23.1. The van der Waals surface area contributed by atoms with Crippen LogP contribution in [0.3, 0.4) is 0 Å². The molecule has 4 aromatic rings. The Morgan fingerprint density at radius 2 is 1.76 bits per heavy atom. The number of ether oxygens (including phenoxy) is 2. The molecule has 4 heterocycles. The molecular formula is C30H30O7. The predicted molar refractivity (Wildman–Crippen MR) is 143 cm³/mol. The second-order valence-electron chi connectivity index (χ2n) is 11.4. The zero-order chi connectivity index (χ0) is 26.4. The maximum absolute atomic E-state index is 14.2. The van der Waals surface area contributed by atoms with Crippen molar-refractivity contribution in [2.75, 3.05) is 0 Å². The Hall–Kier alpha value is -3.87. The van der Waals surface area contributed by atoms with Crippen molar-refractivity contribution in [2.24, 2.45) is 0 Å². The third-order valence-electron chi connectivity index (χ3n) is 7.23. The van der Waals surface area contributed by atoms with E-state index in [0.717, 1.165) is 5.57 Å². The Labute approximate surface area is 213 Å². The van der Waals surface area contributed by atoms with Gasteiger partial charge in [-0.3, -0.25) is 4.79 Å². The Morgan fingerprint density at radius 3 is 2.49 bits per heavy atom. The van der Waals surface area contributed by atoms with E-state index in [4.69, 9.17) is 18.3 Å². The second-order valence-corrected chi connectivity index (χ2v) is 11.4. The van der Waals surface area contributed by atoms with Gasteiger partial charge < -0.3 is 28.5 Å². The minimum atomic E-state index is -0.604. The summed E-state index contributed by atoms with van der Waals surface area (Å²) in [4.78, 5) is 14.2. The molecule has 0 fully saturated rings. The zero-order valence-corrected chi connectivity index (χ0v) is 21.9. The molecule has 0 aliphatic carbocycles. The molecule has 0 amide bonds. The molecule has 0 spiro atoms. The van der Waals surface area contributed by atoms with Gasteiger partial charge in [0.1, 0.15) is 33.5 Å². The predicted octanol–water partition coefficient (Wildman–Crippen LogP) is 6.90. The van der Waals surface area contributed by atoms with Crippen molar-refractivity contribution in [3.05, 3.63) is 50.7 Å². The molecule has 0 bridgehead atoms. The van der Waals surface area contributed by atoms with Gasteiger partial charge in [0.2, 0.25) is 5.43 Å². The normalized spacial score (nSPS) is 17.4. The van der Waals surface area contributed by atoms with Gasteiger partial charge in [0, 0.05) is 16.5 Å². The number of phenols is 2. The Morgan fingerprint density at radius 1 is 1.03 bits per heavy atom.